The van der Waals surface area contributed by atoms with Crippen molar-refractivity contribution in [2.75, 3.05) is 0 Å². The van der Waals surface area contributed by atoms with E-state index in [1.165, 1.54) is 5.56 Å². The maximum Gasteiger partial charge on any atom is 0.214 e. The second-order valence-corrected chi connectivity index (χ2v) is 11.1. The number of pyridine rings is 1. The van der Waals surface area contributed by atoms with Crippen LogP contribution in [-0.2, 0) is 16.4 Å². The average molecular weight is 475 g/mol. The van der Waals surface area contributed by atoms with Crippen LogP contribution in [0.25, 0.3) is 11.4 Å². The molecule has 3 N–H and O–H groups in total. The molecule has 5 rings (SSSR count). The Bertz CT molecular complexity index is 1310. The first kappa shape index (κ1) is 22.6. The van der Waals surface area contributed by atoms with E-state index >= 15 is 0 Å². The fraction of sp³-hybridized carbons (Fsp3) is 0.296. The van der Waals surface area contributed by atoms with E-state index in [1.807, 2.05) is 37.3 Å². The third kappa shape index (κ3) is 4.33. The lowest BCUT2D eigenvalue weighted by atomic mass is 10.0. The molecule has 2 aliphatic rings. The fourth-order valence-corrected chi connectivity index (χ4v) is 6.00. The normalized spacial score (nSPS) is 20.5. The van der Waals surface area contributed by atoms with Gasteiger partial charge in [-0.05, 0) is 61.1 Å². The van der Waals surface area contributed by atoms with Crippen molar-refractivity contribution in [3.05, 3.63) is 101 Å². The summed E-state index contributed by atoms with van der Waals surface area (Å²) in [5.41, 5.74) is 7.64. The van der Waals surface area contributed by atoms with Crippen molar-refractivity contribution in [1.82, 2.24) is 20.3 Å². The van der Waals surface area contributed by atoms with Gasteiger partial charge in [0.2, 0.25) is 10.0 Å². The van der Waals surface area contributed by atoms with Gasteiger partial charge in [-0.25, -0.2) is 13.1 Å². The minimum Gasteiger partial charge on any atom is -0.359 e. The molecule has 2 aromatic carbocycles. The smallest absolute Gasteiger partial charge is 0.214 e. The van der Waals surface area contributed by atoms with E-state index in [-0.39, 0.29) is 12.2 Å². The maximum absolute atomic E-state index is 12.6. The first-order chi connectivity index (χ1) is 16.5. The van der Waals surface area contributed by atoms with Crippen molar-refractivity contribution >= 4 is 21.4 Å². The molecule has 34 heavy (non-hydrogen) atoms. The number of aryl methyl sites for hydroxylation is 1. The number of aromatic nitrogens is 1. The van der Waals surface area contributed by atoms with Gasteiger partial charge >= 0.3 is 0 Å². The Morgan fingerprint density at radius 2 is 1.71 bits per heavy atom. The summed E-state index contributed by atoms with van der Waals surface area (Å²) in [4.78, 5) is 4.17. The van der Waals surface area contributed by atoms with Crippen LogP contribution in [0.4, 0.5) is 0 Å². The molecule has 0 saturated heterocycles. The van der Waals surface area contributed by atoms with E-state index in [2.05, 4.69) is 50.7 Å². The van der Waals surface area contributed by atoms with Crippen molar-refractivity contribution < 1.29 is 8.42 Å². The van der Waals surface area contributed by atoms with Crippen molar-refractivity contribution in [3.63, 3.8) is 0 Å². The van der Waals surface area contributed by atoms with E-state index in [9.17, 15) is 8.42 Å². The van der Waals surface area contributed by atoms with Crippen LogP contribution >= 0.6 is 0 Å². The molecule has 0 amide bonds. The van der Waals surface area contributed by atoms with Gasteiger partial charge < -0.3 is 10.6 Å². The monoisotopic (exact) mass is 474 g/mol. The molecule has 0 saturated carbocycles. The van der Waals surface area contributed by atoms with Gasteiger partial charge in [-0.1, -0.05) is 49.4 Å². The Morgan fingerprint density at radius 3 is 2.41 bits per heavy atom. The lowest BCUT2D eigenvalue weighted by molar-refractivity contribution is 0.541. The lowest BCUT2D eigenvalue weighted by Crippen LogP contribution is -2.34. The third-order valence-corrected chi connectivity index (χ3v) is 8.86. The predicted octanol–water partition coefficient (Wildman–Crippen LogP) is 4.50. The standard InChI is InChI=1S/C27H30N4O2S/c1-3-18(2)34(32,33)31-24-12-10-21-17-22(9-11-23(21)24)26-25(19-13-15-28-16-14-19)29-27(30-26)20-7-5-4-6-8-20/h4-9,11,13-18,24,27,29-31H,3,10,12H2,1-2H3. The van der Waals surface area contributed by atoms with E-state index in [0.717, 1.165) is 46.5 Å². The highest BCUT2D eigenvalue weighted by Gasteiger charge is 2.31. The Balaban J connectivity index is 1.47. The minimum atomic E-state index is -3.33. The molecule has 3 atom stereocenters. The highest BCUT2D eigenvalue weighted by atomic mass is 32.2. The molecular weight excluding hydrogens is 444 g/mol. The molecule has 176 valence electrons. The molecule has 0 radical (unpaired) electrons. The van der Waals surface area contributed by atoms with E-state index < -0.39 is 15.3 Å². The number of hydrogen-bond acceptors (Lipinski definition) is 5. The van der Waals surface area contributed by atoms with Gasteiger partial charge in [-0.3, -0.25) is 4.98 Å². The quantitative estimate of drug-likeness (QED) is 0.470. The number of hydrogen-bond donors (Lipinski definition) is 3. The molecule has 3 unspecified atom stereocenters. The number of sulfonamides is 1. The zero-order valence-corrected chi connectivity index (χ0v) is 20.3. The van der Waals surface area contributed by atoms with Gasteiger partial charge in [-0.15, -0.1) is 0 Å². The molecule has 1 aliphatic heterocycles. The van der Waals surface area contributed by atoms with Gasteiger partial charge in [0.05, 0.1) is 16.6 Å². The highest BCUT2D eigenvalue weighted by molar-refractivity contribution is 7.90. The van der Waals surface area contributed by atoms with Gasteiger partial charge in [0.25, 0.3) is 0 Å². The number of rotatable bonds is 7. The summed E-state index contributed by atoms with van der Waals surface area (Å²) in [5.74, 6) is 0. The number of fused-ring (bicyclic) bond motifs is 1. The molecule has 0 spiro atoms. The molecule has 0 fully saturated rings. The van der Waals surface area contributed by atoms with Crippen LogP contribution in [0.3, 0.4) is 0 Å². The molecule has 2 heterocycles. The molecule has 1 aromatic heterocycles. The van der Waals surface area contributed by atoms with Crippen LogP contribution in [0.15, 0.2) is 73.1 Å². The number of benzene rings is 2. The summed E-state index contributed by atoms with van der Waals surface area (Å²) in [6, 6.07) is 20.5. The van der Waals surface area contributed by atoms with Crippen molar-refractivity contribution in [2.24, 2.45) is 0 Å². The van der Waals surface area contributed by atoms with Crippen LogP contribution in [0.1, 0.15) is 66.7 Å². The summed E-state index contributed by atoms with van der Waals surface area (Å²) in [7, 11) is -3.33. The average Bonchev–Trinajstić information content (AvgIpc) is 3.49. The summed E-state index contributed by atoms with van der Waals surface area (Å²) < 4.78 is 28.2. The van der Waals surface area contributed by atoms with Crippen LogP contribution in [0, 0.1) is 0 Å². The van der Waals surface area contributed by atoms with Crippen molar-refractivity contribution in [1.29, 1.82) is 0 Å². The Labute approximate surface area is 201 Å². The largest absolute Gasteiger partial charge is 0.359 e. The number of nitrogens with zero attached hydrogens (tertiary/aromatic N) is 1. The van der Waals surface area contributed by atoms with Crippen LogP contribution in [0.5, 0.6) is 0 Å². The minimum absolute atomic E-state index is 0.0392. The SMILES string of the molecule is CCC(C)S(=O)(=O)NC1CCc2cc(C3=C(c4ccncc4)NC(c4ccccc4)N3)ccc21. The molecule has 0 bridgehead atoms. The number of nitrogens with one attached hydrogen (secondary N) is 3. The maximum atomic E-state index is 12.6. The van der Waals surface area contributed by atoms with Crippen LogP contribution in [0.2, 0.25) is 0 Å². The predicted molar refractivity (Wildman–Crippen MR) is 136 cm³/mol. The molecular formula is C27H30N4O2S. The topological polar surface area (TPSA) is 83.1 Å². The van der Waals surface area contributed by atoms with E-state index in [4.69, 9.17) is 0 Å². The Morgan fingerprint density at radius 1 is 1.00 bits per heavy atom. The van der Waals surface area contributed by atoms with Crippen molar-refractivity contribution in [2.45, 2.75) is 50.6 Å². The van der Waals surface area contributed by atoms with Gasteiger partial charge in [0, 0.05) is 29.6 Å². The third-order valence-electron chi connectivity index (χ3n) is 6.85. The summed E-state index contributed by atoms with van der Waals surface area (Å²) >= 11 is 0. The highest BCUT2D eigenvalue weighted by Crippen LogP contribution is 2.37. The second-order valence-electron chi connectivity index (χ2n) is 9.00. The molecule has 1 aliphatic carbocycles. The first-order valence-corrected chi connectivity index (χ1v) is 13.4. The van der Waals surface area contributed by atoms with Gasteiger partial charge in [0.1, 0.15) is 6.17 Å². The van der Waals surface area contributed by atoms with E-state index in [1.54, 1.807) is 19.3 Å². The van der Waals surface area contributed by atoms with Crippen LogP contribution < -0.4 is 15.4 Å². The Hall–Kier alpha value is -3.16. The molecule has 3 aromatic rings. The lowest BCUT2D eigenvalue weighted by Gasteiger charge is -2.18. The van der Waals surface area contributed by atoms with Gasteiger partial charge in [0.15, 0.2) is 0 Å². The summed E-state index contributed by atoms with van der Waals surface area (Å²) in [6.07, 6.45) is 5.79. The van der Waals surface area contributed by atoms with Crippen molar-refractivity contribution in [3.8, 4) is 0 Å². The summed E-state index contributed by atoms with van der Waals surface area (Å²) in [5, 5.41) is 6.92. The molecule has 6 nitrogen and oxygen atoms in total. The first-order valence-electron chi connectivity index (χ1n) is 11.8. The Kier molecular flexibility index (Phi) is 6.15. The van der Waals surface area contributed by atoms with Gasteiger partial charge in [-0.2, -0.15) is 0 Å². The summed E-state index contributed by atoms with van der Waals surface area (Å²) in [6.45, 7) is 3.66. The zero-order chi connectivity index (χ0) is 23.7. The van der Waals surface area contributed by atoms with E-state index in [0.29, 0.717) is 6.42 Å². The van der Waals surface area contributed by atoms with Crippen LogP contribution in [-0.4, -0.2) is 18.7 Å². The fourth-order valence-electron chi connectivity index (χ4n) is 4.68. The second kappa shape index (κ2) is 9.24. The molecule has 7 heteroatoms. The zero-order valence-electron chi connectivity index (χ0n) is 19.5.